The minimum Gasteiger partial charge on any atom is -0.457 e. The molecule has 3 aromatic heterocycles. The number of aromatic nitrogens is 4. The molecule has 0 N–H and O–H groups in total. The van der Waals surface area contributed by atoms with Gasteiger partial charge in [0.15, 0.2) is 11.0 Å². The van der Waals surface area contributed by atoms with E-state index < -0.39 is 0 Å². The first-order valence-corrected chi connectivity index (χ1v) is 23.6. The lowest BCUT2D eigenvalue weighted by Gasteiger charge is -2.50. The molecule has 320 valence electrons. The molecule has 0 saturated carbocycles. The summed E-state index contributed by atoms with van der Waals surface area (Å²) in [4.78, 5) is 4.89. The van der Waals surface area contributed by atoms with Crippen LogP contribution in [0.15, 0.2) is 207 Å². The summed E-state index contributed by atoms with van der Waals surface area (Å²) in [6.07, 6.45) is 4.18. The fourth-order valence-corrected chi connectivity index (χ4v) is 12.2. The van der Waals surface area contributed by atoms with E-state index in [1.165, 1.54) is 55.5 Å². The Morgan fingerprint density at radius 2 is 1.03 bits per heavy atom. The summed E-state index contributed by atoms with van der Waals surface area (Å²) in [5, 5.41) is 2.35. The van der Waals surface area contributed by atoms with Crippen molar-refractivity contribution in [1.29, 1.82) is 0 Å². The average molecular weight is 864 g/mol. The Balaban J connectivity index is 0.864. The minimum absolute atomic E-state index is 0.00705. The van der Waals surface area contributed by atoms with Gasteiger partial charge in [-0.3, -0.25) is 4.57 Å². The van der Waals surface area contributed by atoms with Gasteiger partial charge in [-0.25, -0.2) is 4.98 Å². The highest BCUT2D eigenvalue weighted by atomic mass is 16.5. The standard InChI is InChI=1S/C62H47N4O/c1-62(2,3)38-31-32-63-57(33-38)66-53-24-11-10-17-43(53)44-30-28-42(36-56(44)66)67-41-16-14-15-39(34-41)64-37-65(55-26-13-12-25-54(55)64)40-27-29-51-52(35-40)61-50-23-9-8-22-49(50)60(51)58-45-18-4-6-20-47(45)59(61)48-21-7-5-19-46(48)58/h4-37,58-61H,1-3H3/q+1. The Kier molecular flexibility index (Phi) is 8.13. The van der Waals surface area contributed by atoms with E-state index >= 15 is 0 Å². The molecule has 67 heavy (non-hydrogen) atoms. The maximum Gasteiger partial charge on any atom is 0.255 e. The van der Waals surface area contributed by atoms with E-state index in [0.29, 0.717) is 0 Å². The lowest BCUT2D eigenvalue weighted by molar-refractivity contribution is -0.567. The molecule has 0 amide bonds. The highest BCUT2D eigenvalue weighted by molar-refractivity contribution is 6.09. The van der Waals surface area contributed by atoms with Crippen molar-refractivity contribution in [3.8, 4) is 28.7 Å². The third kappa shape index (κ3) is 5.67. The molecule has 6 aliphatic rings. The number of ether oxygens (including phenoxy) is 1. The summed E-state index contributed by atoms with van der Waals surface area (Å²) in [5.74, 6) is 3.29. The molecule has 2 atom stereocenters. The molecule has 5 heteroatoms. The summed E-state index contributed by atoms with van der Waals surface area (Å²) < 4.78 is 13.7. The Morgan fingerprint density at radius 1 is 0.463 bits per heavy atom. The first-order chi connectivity index (χ1) is 32.9. The van der Waals surface area contributed by atoms with Gasteiger partial charge in [0.05, 0.1) is 11.0 Å². The van der Waals surface area contributed by atoms with Crippen LogP contribution < -0.4 is 9.30 Å². The Bertz CT molecular complexity index is 3780. The molecule has 0 spiro atoms. The van der Waals surface area contributed by atoms with Crippen LogP contribution in [0.25, 0.3) is 50.0 Å². The molecular formula is C62H47N4O+. The number of hydrogen-bond acceptors (Lipinski definition) is 2. The highest BCUT2D eigenvalue weighted by Gasteiger charge is 2.49. The van der Waals surface area contributed by atoms with Crippen molar-refractivity contribution in [1.82, 2.24) is 14.1 Å². The number of imidazole rings is 1. The zero-order valence-electron chi connectivity index (χ0n) is 37.6. The molecule has 11 aromatic rings. The second-order valence-corrected chi connectivity index (χ2v) is 19.7. The molecule has 0 fully saturated rings. The SMILES string of the molecule is CC(C)(C)c1ccnc(-n2c3ccccc3c3ccc(Oc4cccc(-n5c[n+](-c6ccc7c(c6)C6c8ccccc8C7C7c8ccccc8C6c6ccccc67)c6ccccc65)c4)cc32)c1. The van der Waals surface area contributed by atoms with Crippen molar-refractivity contribution in [2.75, 3.05) is 0 Å². The van der Waals surface area contributed by atoms with Crippen LogP contribution in [-0.2, 0) is 5.41 Å². The van der Waals surface area contributed by atoms with Crippen molar-refractivity contribution >= 4 is 32.8 Å². The van der Waals surface area contributed by atoms with E-state index in [9.17, 15) is 0 Å². The van der Waals surface area contributed by atoms with Crippen LogP contribution >= 0.6 is 0 Å². The maximum absolute atomic E-state index is 6.78. The molecule has 4 bridgehead atoms. The van der Waals surface area contributed by atoms with Crippen molar-refractivity contribution in [3.63, 3.8) is 0 Å². The summed E-state index contributed by atoms with van der Waals surface area (Å²) >= 11 is 0. The first kappa shape index (κ1) is 38.3. The predicted molar refractivity (Wildman–Crippen MR) is 269 cm³/mol. The Hall–Kier alpha value is -8.02. The maximum atomic E-state index is 6.78. The van der Waals surface area contributed by atoms with E-state index in [4.69, 9.17) is 9.72 Å². The zero-order chi connectivity index (χ0) is 44.5. The molecule has 5 nitrogen and oxygen atoms in total. The lowest BCUT2D eigenvalue weighted by Crippen LogP contribution is -2.36. The lowest BCUT2D eigenvalue weighted by atomic mass is 9.53. The van der Waals surface area contributed by atoms with Crippen LogP contribution in [0.3, 0.4) is 0 Å². The molecule has 17 rings (SSSR count). The van der Waals surface area contributed by atoms with Crippen LogP contribution in [-0.4, -0.2) is 14.1 Å². The molecule has 2 unspecified atom stereocenters. The van der Waals surface area contributed by atoms with Crippen molar-refractivity contribution in [3.05, 3.63) is 257 Å². The summed E-state index contributed by atoms with van der Waals surface area (Å²) in [6.45, 7) is 6.73. The molecular weight excluding hydrogens is 817 g/mol. The van der Waals surface area contributed by atoms with Gasteiger partial charge < -0.3 is 4.74 Å². The summed E-state index contributed by atoms with van der Waals surface area (Å²) in [7, 11) is 0. The largest absolute Gasteiger partial charge is 0.457 e. The number of fused-ring (bicyclic) bond motifs is 4. The van der Waals surface area contributed by atoms with E-state index in [-0.39, 0.29) is 29.1 Å². The number of hydrogen-bond donors (Lipinski definition) is 0. The predicted octanol–water partition coefficient (Wildman–Crippen LogP) is 14.4. The normalized spacial score (nSPS) is 17.8. The Labute approximate surface area is 389 Å². The van der Waals surface area contributed by atoms with E-state index in [1.54, 1.807) is 0 Å². The number of para-hydroxylation sites is 3. The zero-order valence-corrected chi connectivity index (χ0v) is 37.6. The topological polar surface area (TPSA) is 35.9 Å². The first-order valence-electron chi connectivity index (χ1n) is 23.6. The number of nitrogens with zero attached hydrogens (tertiary/aromatic N) is 4. The van der Waals surface area contributed by atoms with Gasteiger partial charge in [0, 0.05) is 52.8 Å². The van der Waals surface area contributed by atoms with Crippen molar-refractivity contribution < 1.29 is 9.30 Å². The molecule has 6 aliphatic carbocycles. The molecule has 0 aliphatic heterocycles. The van der Waals surface area contributed by atoms with Crippen molar-refractivity contribution in [2.45, 2.75) is 49.9 Å². The number of pyridine rings is 1. The van der Waals surface area contributed by atoms with Gasteiger partial charge in [-0.15, -0.1) is 0 Å². The van der Waals surface area contributed by atoms with Crippen LogP contribution in [0.4, 0.5) is 0 Å². The van der Waals surface area contributed by atoms with E-state index in [1.807, 2.05) is 12.3 Å². The summed E-state index contributed by atoms with van der Waals surface area (Å²) in [6, 6.07) is 71.7. The molecule has 0 radical (unpaired) electrons. The summed E-state index contributed by atoms with van der Waals surface area (Å²) in [5.41, 5.74) is 19.6. The van der Waals surface area contributed by atoms with E-state index in [0.717, 1.165) is 56.1 Å². The molecule has 0 saturated heterocycles. The average Bonchev–Trinajstić information content (AvgIpc) is 3.90. The highest BCUT2D eigenvalue weighted by Crippen LogP contribution is 2.64. The van der Waals surface area contributed by atoms with Crippen LogP contribution in [0.5, 0.6) is 11.5 Å². The monoisotopic (exact) mass is 863 g/mol. The third-order valence-electron chi connectivity index (χ3n) is 15.1. The van der Waals surface area contributed by atoms with Gasteiger partial charge in [0.2, 0.25) is 0 Å². The van der Waals surface area contributed by atoms with Gasteiger partial charge in [-0.05, 0) is 122 Å². The van der Waals surface area contributed by atoms with Gasteiger partial charge >= 0.3 is 0 Å². The molecule has 3 heterocycles. The van der Waals surface area contributed by atoms with Crippen molar-refractivity contribution in [2.24, 2.45) is 0 Å². The van der Waals surface area contributed by atoms with Gasteiger partial charge in [0.25, 0.3) is 6.33 Å². The smallest absolute Gasteiger partial charge is 0.255 e. The second kappa shape index (κ2) is 14.2. The van der Waals surface area contributed by atoms with Gasteiger partial charge in [-0.2, -0.15) is 9.13 Å². The van der Waals surface area contributed by atoms with Crippen LogP contribution in [0.1, 0.15) is 94.5 Å². The third-order valence-corrected chi connectivity index (χ3v) is 15.1. The van der Waals surface area contributed by atoms with Gasteiger partial charge in [0.1, 0.15) is 28.7 Å². The fraction of sp³-hybridized carbons (Fsp3) is 0.129. The second-order valence-electron chi connectivity index (χ2n) is 19.7. The van der Waals surface area contributed by atoms with Gasteiger partial charge in [-0.1, -0.05) is 136 Å². The molecule has 8 aromatic carbocycles. The number of benzene rings is 8. The van der Waals surface area contributed by atoms with E-state index in [2.05, 4.69) is 229 Å². The quantitative estimate of drug-likeness (QED) is 0.162. The Morgan fingerprint density at radius 3 is 1.70 bits per heavy atom. The number of rotatable bonds is 5. The van der Waals surface area contributed by atoms with Crippen LogP contribution in [0.2, 0.25) is 0 Å². The fourth-order valence-electron chi connectivity index (χ4n) is 12.2. The van der Waals surface area contributed by atoms with Crippen LogP contribution in [0, 0.1) is 0 Å². The minimum atomic E-state index is -0.00705.